The number of amides is 1. The van der Waals surface area contributed by atoms with Crippen molar-refractivity contribution in [1.82, 2.24) is 15.2 Å². The Morgan fingerprint density at radius 1 is 1.16 bits per heavy atom. The molecular weight excluding hydrogens is 244 g/mol. The van der Waals surface area contributed by atoms with Gasteiger partial charge in [0.25, 0.3) is 11.5 Å². The van der Waals surface area contributed by atoms with Gasteiger partial charge in [0.1, 0.15) is 0 Å². The van der Waals surface area contributed by atoms with Gasteiger partial charge in [0, 0.05) is 17.6 Å². The van der Waals surface area contributed by atoms with E-state index in [9.17, 15) is 9.59 Å². The lowest BCUT2D eigenvalue weighted by Crippen LogP contribution is -2.16. The molecule has 0 radical (unpaired) electrons. The number of aromatic nitrogens is 3. The highest BCUT2D eigenvalue weighted by Crippen LogP contribution is 2.17. The SMILES string of the molecule is O=C(Nc1ccc(=O)[nH]n1)c1cccc2cc[nH]c12. The topological polar surface area (TPSA) is 90.6 Å². The van der Waals surface area contributed by atoms with Crippen molar-refractivity contribution < 1.29 is 4.79 Å². The van der Waals surface area contributed by atoms with Crippen molar-refractivity contribution in [3.05, 3.63) is 58.5 Å². The number of nitrogens with one attached hydrogen (secondary N) is 3. The smallest absolute Gasteiger partial charge is 0.264 e. The Morgan fingerprint density at radius 3 is 2.84 bits per heavy atom. The van der Waals surface area contributed by atoms with Crippen LogP contribution in [0.3, 0.4) is 0 Å². The summed E-state index contributed by atoms with van der Waals surface area (Å²) in [5.74, 6) is 0.0146. The van der Waals surface area contributed by atoms with Gasteiger partial charge in [-0.25, -0.2) is 5.10 Å². The Bertz CT molecular complexity index is 783. The van der Waals surface area contributed by atoms with E-state index in [0.717, 1.165) is 10.9 Å². The molecule has 2 heterocycles. The van der Waals surface area contributed by atoms with Crippen molar-refractivity contribution in [2.75, 3.05) is 5.32 Å². The normalized spacial score (nSPS) is 10.5. The van der Waals surface area contributed by atoms with Crippen molar-refractivity contribution in [1.29, 1.82) is 0 Å². The minimum absolute atomic E-state index is 0.285. The zero-order valence-corrected chi connectivity index (χ0v) is 9.81. The number of para-hydroxylation sites is 1. The summed E-state index contributed by atoms with van der Waals surface area (Å²) in [4.78, 5) is 26.1. The summed E-state index contributed by atoms with van der Waals surface area (Å²) >= 11 is 0. The van der Waals surface area contributed by atoms with Crippen LogP contribution in [-0.4, -0.2) is 21.1 Å². The third kappa shape index (κ3) is 2.11. The van der Waals surface area contributed by atoms with Gasteiger partial charge in [-0.15, -0.1) is 0 Å². The zero-order chi connectivity index (χ0) is 13.2. The number of benzene rings is 1. The Hall–Kier alpha value is -2.89. The number of hydrogen-bond donors (Lipinski definition) is 3. The van der Waals surface area contributed by atoms with Gasteiger partial charge < -0.3 is 10.3 Å². The standard InChI is InChI=1S/C13H10N4O2/c18-11-5-4-10(16-17-11)15-13(19)9-3-1-2-8-6-7-14-12(8)9/h1-7,14H,(H,17,18)(H,15,16,19). The lowest BCUT2D eigenvalue weighted by molar-refractivity contribution is 0.102. The first-order chi connectivity index (χ1) is 9.24. The first-order valence-corrected chi connectivity index (χ1v) is 5.67. The van der Waals surface area contributed by atoms with Crippen molar-refractivity contribution in [2.45, 2.75) is 0 Å². The van der Waals surface area contributed by atoms with Crippen molar-refractivity contribution in [2.24, 2.45) is 0 Å². The molecule has 0 atom stereocenters. The predicted octanol–water partition coefficient (Wildman–Crippen LogP) is 1.50. The summed E-state index contributed by atoms with van der Waals surface area (Å²) in [6, 6.07) is 10.1. The van der Waals surface area contributed by atoms with Gasteiger partial charge in [-0.2, -0.15) is 5.10 Å². The Kier molecular flexibility index (Phi) is 2.60. The molecular formula is C13H10N4O2. The monoisotopic (exact) mass is 254 g/mol. The molecule has 6 nitrogen and oxygen atoms in total. The highest BCUT2D eigenvalue weighted by atomic mass is 16.2. The van der Waals surface area contributed by atoms with E-state index in [1.807, 2.05) is 18.2 Å². The summed E-state index contributed by atoms with van der Waals surface area (Å²) in [6.45, 7) is 0. The van der Waals surface area contributed by atoms with E-state index < -0.39 is 0 Å². The molecule has 1 aromatic carbocycles. The second kappa shape index (κ2) is 4.41. The average molecular weight is 254 g/mol. The maximum Gasteiger partial charge on any atom is 0.264 e. The van der Waals surface area contributed by atoms with Crippen molar-refractivity contribution in [3.8, 4) is 0 Å². The van der Waals surface area contributed by atoms with Gasteiger partial charge in [0.2, 0.25) is 0 Å². The Morgan fingerprint density at radius 2 is 2.05 bits per heavy atom. The summed E-state index contributed by atoms with van der Waals surface area (Å²) in [5, 5.41) is 9.58. The highest BCUT2D eigenvalue weighted by Gasteiger charge is 2.11. The second-order valence-electron chi connectivity index (χ2n) is 4.01. The summed E-state index contributed by atoms with van der Waals surface area (Å²) in [6.07, 6.45) is 1.78. The molecule has 94 valence electrons. The van der Waals surface area contributed by atoms with Crippen molar-refractivity contribution in [3.63, 3.8) is 0 Å². The van der Waals surface area contributed by atoms with Crippen LogP contribution in [0.15, 0.2) is 47.4 Å². The molecule has 3 aromatic rings. The maximum absolute atomic E-state index is 12.1. The molecule has 0 aliphatic carbocycles. The summed E-state index contributed by atoms with van der Waals surface area (Å²) in [5.41, 5.74) is 0.976. The highest BCUT2D eigenvalue weighted by molar-refractivity contribution is 6.11. The molecule has 19 heavy (non-hydrogen) atoms. The minimum Gasteiger partial charge on any atom is -0.361 e. The van der Waals surface area contributed by atoms with Crippen LogP contribution in [0, 0.1) is 0 Å². The van der Waals surface area contributed by atoms with Crippen LogP contribution < -0.4 is 10.9 Å². The molecule has 0 bridgehead atoms. The molecule has 3 rings (SSSR count). The number of hydrogen-bond acceptors (Lipinski definition) is 3. The maximum atomic E-state index is 12.1. The van der Waals surface area contributed by atoms with Gasteiger partial charge >= 0.3 is 0 Å². The first kappa shape index (κ1) is 11.2. The van der Waals surface area contributed by atoms with E-state index in [0.29, 0.717) is 11.4 Å². The number of H-pyrrole nitrogens is 2. The van der Waals surface area contributed by atoms with Gasteiger partial charge in [0.05, 0.1) is 11.1 Å². The molecule has 1 amide bonds. The Balaban J connectivity index is 1.94. The van der Waals surface area contributed by atoms with E-state index >= 15 is 0 Å². The van der Waals surface area contributed by atoms with Crippen LogP contribution in [0.1, 0.15) is 10.4 Å². The van der Waals surface area contributed by atoms with Crippen molar-refractivity contribution >= 4 is 22.6 Å². The third-order valence-corrected chi connectivity index (χ3v) is 2.75. The van der Waals surface area contributed by atoms with E-state index in [1.54, 1.807) is 12.3 Å². The molecule has 0 unspecified atom stereocenters. The van der Waals surface area contributed by atoms with E-state index in [-0.39, 0.29) is 11.5 Å². The number of carbonyl (C=O) groups is 1. The Labute approximate surface area is 107 Å². The van der Waals surface area contributed by atoms with Gasteiger partial charge in [-0.3, -0.25) is 9.59 Å². The molecule has 6 heteroatoms. The molecule has 2 aromatic heterocycles. The van der Waals surface area contributed by atoms with Crippen LogP contribution in [0.4, 0.5) is 5.82 Å². The first-order valence-electron chi connectivity index (χ1n) is 5.67. The number of nitrogens with zero attached hydrogens (tertiary/aromatic N) is 1. The van der Waals surface area contributed by atoms with E-state index in [2.05, 4.69) is 20.5 Å². The van der Waals surface area contributed by atoms with E-state index in [4.69, 9.17) is 0 Å². The lowest BCUT2D eigenvalue weighted by atomic mass is 10.1. The minimum atomic E-state index is -0.315. The van der Waals surface area contributed by atoms with Gasteiger partial charge in [-0.1, -0.05) is 12.1 Å². The quantitative estimate of drug-likeness (QED) is 0.647. The second-order valence-corrected chi connectivity index (χ2v) is 4.01. The zero-order valence-electron chi connectivity index (χ0n) is 9.81. The number of fused-ring (bicyclic) bond motifs is 1. The molecule has 3 N–H and O–H groups in total. The molecule has 0 spiro atoms. The molecule has 0 saturated carbocycles. The molecule has 0 saturated heterocycles. The van der Waals surface area contributed by atoms with Gasteiger partial charge in [0.15, 0.2) is 5.82 Å². The third-order valence-electron chi connectivity index (χ3n) is 2.75. The lowest BCUT2D eigenvalue weighted by Gasteiger charge is -2.04. The molecule has 0 aliphatic heterocycles. The fourth-order valence-electron chi connectivity index (χ4n) is 1.87. The van der Waals surface area contributed by atoms with Crippen LogP contribution in [0.5, 0.6) is 0 Å². The fourth-order valence-corrected chi connectivity index (χ4v) is 1.87. The number of rotatable bonds is 2. The van der Waals surface area contributed by atoms with Crippen LogP contribution in [0.2, 0.25) is 0 Å². The molecule has 0 fully saturated rings. The number of carbonyl (C=O) groups excluding carboxylic acids is 1. The van der Waals surface area contributed by atoms with Gasteiger partial charge in [-0.05, 0) is 18.2 Å². The predicted molar refractivity (Wildman–Crippen MR) is 71.1 cm³/mol. The summed E-state index contributed by atoms with van der Waals surface area (Å²) in [7, 11) is 0. The van der Waals surface area contributed by atoms with Crippen LogP contribution in [0.25, 0.3) is 10.9 Å². The van der Waals surface area contributed by atoms with E-state index in [1.165, 1.54) is 12.1 Å². The summed E-state index contributed by atoms with van der Waals surface area (Å²) < 4.78 is 0. The van der Waals surface area contributed by atoms with Crippen LogP contribution in [-0.2, 0) is 0 Å². The number of aromatic amines is 2. The van der Waals surface area contributed by atoms with Crippen LogP contribution >= 0.6 is 0 Å². The average Bonchev–Trinajstić information content (AvgIpc) is 2.89. The number of anilines is 1. The fraction of sp³-hybridized carbons (Fsp3) is 0. The largest absolute Gasteiger partial charge is 0.361 e. The molecule has 0 aliphatic rings.